The quantitative estimate of drug-likeness (QED) is 0.858. The van der Waals surface area contributed by atoms with E-state index in [-0.39, 0.29) is 17.9 Å². The molecule has 0 spiro atoms. The summed E-state index contributed by atoms with van der Waals surface area (Å²) in [5, 5.41) is 4.63. The second kappa shape index (κ2) is 4.78. The summed E-state index contributed by atoms with van der Waals surface area (Å²) in [7, 11) is 1.73. The number of carbonyl (C=O) groups excluding carboxylic acids is 1. The Kier molecular flexibility index (Phi) is 3.34. The molecule has 0 atom stereocenters. The molecule has 94 valence electrons. The largest absolute Gasteiger partial charge is 0.397 e. The molecule has 0 aliphatic heterocycles. The molecule has 6 heteroatoms. The molecule has 0 saturated heterocycles. The lowest BCUT2D eigenvalue weighted by molar-refractivity contribution is 0.0989. The average molecular weight is 265 g/mol. The number of rotatable bonds is 3. The summed E-state index contributed by atoms with van der Waals surface area (Å²) >= 11 is 6.08. The number of aromatic nitrogens is 3. The zero-order chi connectivity index (χ0) is 13.3. The van der Waals surface area contributed by atoms with Gasteiger partial charge in [0.15, 0.2) is 5.78 Å². The monoisotopic (exact) mass is 264 g/mol. The van der Waals surface area contributed by atoms with Crippen molar-refractivity contribution < 1.29 is 4.79 Å². The molecule has 0 saturated carbocycles. The summed E-state index contributed by atoms with van der Waals surface area (Å²) < 4.78 is 1.54. The van der Waals surface area contributed by atoms with E-state index >= 15 is 0 Å². The van der Waals surface area contributed by atoms with Crippen LogP contribution in [-0.2, 0) is 13.5 Å². The minimum absolute atomic E-state index is 0.152. The minimum atomic E-state index is -0.161. The molecule has 2 heterocycles. The number of pyridine rings is 1. The van der Waals surface area contributed by atoms with Gasteiger partial charge in [0.1, 0.15) is 10.8 Å². The van der Waals surface area contributed by atoms with Gasteiger partial charge in [-0.3, -0.25) is 14.5 Å². The molecule has 0 fully saturated rings. The number of aryl methyl sites for hydroxylation is 2. The Morgan fingerprint density at radius 3 is 2.83 bits per heavy atom. The number of ketones is 1. The Morgan fingerprint density at radius 2 is 2.28 bits per heavy atom. The molecule has 5 nitrogen and oxygen atoms in total. The molecule has 0 aliphatic rings. The number of hydrogen-bond acceptors (Lipinski definition) is 4. The van der Waals surface area contributed by atoms with E-state index < -0.39 is 0 Å². The number of nitrogens with zero attached hydrogens (tertiary/aromatic N) is 3. The van der Waals surface area contributed by atoms with Gasteiger partial charge in [-0.25, -0.2) is 0 Å². The van der Waals surface area contributed by atoms with Crippen LogP contribution < -0.4 is 5.73 Å². The van der Waals surface area contributed by atoms with Crippen LogP contribution in [0.25, 0.3) is 0 Å². The van der Waals surface area contributed by atoms with Crippen LogP contribution >= 0.6 is 11.6 Å². The second-order valence-electron chi connectivity index (χ2n) is 4.02. The van der Waals surface area contributed by atoms with E-state index in [0.717, 1.165) is 5.69 Å². The Hall–Kier alpha value is -1.88. The number of hydrogen-bond donors (Lipinski definition) is 1. The Morgan fingerprint density at radius 1 is 1.56 bits per heavy atom. The van der Waals surface area contributed by atoms with Crippen LogP contribution in [0.1, 0.15) is 21.7 Å². The van der Waals surface area contributed by atoms with Crippen LogP contribution in [0.3, 0.4) is 0 Å². The van der Waals surface area contributed by atoms with Gasteiger partial charge in [-0.2, -0.15) is 5.10 Å². The molecule has 0 aromatic carbocycles. The zero-order valence-electron chi connectivity index (χ0n) is 10.1. The molecule has 2 aromatic heterocycles. The molecular weight excluding hydrogens is 252 g/mol. The molecule has 0 unspecified atom stereocenters. The first-order valence-electron chi connectivity index (χ1n) is 5.42. The highest BCUT2D eigenvalue weighted by molar-refractivity contribution is 6.30. The minimum Gasteiger partial charge on any atom is -0.397 e. The van der Waals surface area contributed by atoms with Crippen LogP contribution in [0.4, 0.5) is 5.69 Å². The molecule has 0 aliphatic carbocycles. The zero-order valence-corrected chi connectivity index (χ0v) is 10.9. The van der Waals surface area contributed by atoms with Gasteiger partial charge in [0.25, 0.3) is 0 Å². The standard InChI is InChI=1S/C12H13ClN4O/c1-7-8(12(13)17(2)16-7)6-10(18)11-9(14)4-3-5-15-11/h3-5H,6,14H2,1-2H3. The predicted octanol–water partition coefficient (Wildman–Crippen LogP) is 1.78. The van der Waals surface area contributed by atoms with E-state index in [1.165, 1.54) is 0 Å². The van der Waals surface area contributed by atoms with Gasteiger partial charge in [-0.1, -0.05) is 11.6 Å². The summed E-state index contributed by atoms with van der Waals surface area (Å²) in [6, 6.07) is 3.34. The maximum atomic E-state index is 12.1. The highest BCUT2D eigenvalue weighted by Gasteiger charge is 2.18. The van der Waals surface area contributed by atoms with E-state index in [4.69, 9.17) is 17.3 Å². The number of halogens is 1. The van der Waals surface area contributed by atoms with Crippen LogP contribution in [0.5, 0.6) is 0 Å². The predicted molar refractivity (Wildman–Crippen MR) is 69.6 cm³/mol. The number of carbonyl (C=O) groups is 1. The van der Waals surface area contributed by atoms with E-state index in [9.17, 15) is 4.79 Å². The fourth-order valence-corrected chi connectivity index (χ4v) is 2.01. The fourth-order valence-electron chi connectivity index (χ4n) is 1.77. The van der Waals surface area contributed by atoms with E-state index in [0.29, 0.717) is 16.4 Å². The molecule has 2 aromatic rings. The maximum Gasteiger partial charge on any atom is 0.187 e. The fraction of sp³-hybridized carbons (Fsp3) is 0.250. The van der Waals surface area contributed by atoms with E-state index in [1.807, 2.05) is 6.92 Å². The third-order valence-corrected chi connectivity index (χ3v) is 3.18. The summed E-state index contributed by atoms with van der Waals surface area (Å²) in [5.74, 6) is -0.161. The topological polar surface area (TPSA) is 73.8 Å². The Balaban J connectivity index is 2.30. The van der Waals surface area contributed by atoms with Crippen molar-refractivity contribution in [3.8, 4) is 0 Å². The first-order chi connectivity index (χ1) is 8.50. The van der Waals surface area contributed by atoms with Crippen LogP contribution in [0.2, 0.25) is 5.15 Å². The highest BCUT2D eigenvalue weighted by Crippen LogP contribution is 2.21. The maximum absolute atomic E-state index is 12.1. The van der Waals surface area contributed by atoms with Crippen molar-refractivity contribution in [2.45, 2.75) is 13.3 Å². The summed E-state index contributed by atoms with van der Waals surface area (Å²) in [5.41, 5.74) is 7.83. The van der Waals surface area contributed by atoms with Crippen LogP contribution in [-0.4, -0.2) is 20.5 Å². The summed E-state index contributed by atoms with van der Waals surface area (Å²) in [4.78, 5) is 16.1. The molecule has 2 N–H and O–H groups in total. The second-order valence-corrected chi connectivity index (χ2v) is 4.38. The molecule has 18 heavy (non-hydrogen) atoms. The van der Waals surface area contributed by atoms with Crippen molar-refractivity contribution in [3.05, 3.63) is 40.4 Å². The normalized spacial score (nSPS) is 10.6. The van der Waals surface area contributed by atoms with Gasteiger partial charge in [-0.15, -0.1) is 0 Å². The van der Waals surface area contributed by atoms with E-state index in [1.54, 1.807) is 30.1 Å². The van der Waals surface area contributed by atoms with Gasteiger partial charge in [-0.05, 0) is 19.1 Å². The van der Waals surface area contributed by atoms with Crippen molar-refractivity contribution in [1.29, 1.82) is 0 Å². The highest BCUT2D eigenvalue weighted by atomic mass is 35.5. The molecule has 0 radical (unpaired) electrons. The Bertz CT molecular complexity index is 606. The first-order valence-corrected chi connectivity index (χ1v) is 5.80. The van der Waals surface area contributed by atoms with Gasteiger partial charge < -0.3 is 5.73 Å². The molecule has 0 bridgehead atoms. The molecule has 0 amide bonds. The average Bonchev–Trinajstić information content (AvgIpc) is 2.56. The van der Waals surface area contributed by atoms with Gasteiger partial charge in [0.2, 0.25) is 0 Å². The number of nitrogen functional groups attached to an aromatic ring is 1. The lowest BCUT2D eigenvalue weighted by atomic mass is 10.1. The van der Waals surface area contributed by atoms with Gasteiger partial charge >= 0.3 is 0 Å². The van der Waals surface area contributed by atoms with Crippen molar-refractivity contribution >= 4 is 23.1 Å². The van der Waals surface area contributed by atoms with E-state index in [2.05, 4.69) is 10.1 Å². The number of anilines is 1. The van der Waals surface area contributed by atoms with Crippen molar-refractivity contribution in [2.24, 2.45) is 7.05 Å². The summed E-state index contributed by atoms with van der Waals surface area (Å²) in [6.45, 7) is 1.82. The smallest absolute Gasteiger partial charge is 0.187 e. The van der Waals surface area contributed by atoms with Gasteiger partial charge in [0, 0.05) is 25.2 Å². The third kappa shape index (κ3) is 2.22. The first kappa shape index (κ1) is 12.6. The third-order valence-electron chi connectivity index (χ3n) is 2.71. The summed E-state index contributed by atoms with van der Waals surface area (Å²) in [6.07, 6.45) is 1.70. The lowest BCUT2D eigenvalue weighted by Gasteiger charge is -2.03. The number of Topliss-reactive ketones (excluding diaryl/α,β-unsaturated/α-hetero) is 1. The van der Waals surface area contributed by atoms with Crippen molar-refractivity contribution in [3.63, 3.8) is 0 Å². The number of nitrogens with two attached hydrogens (primary N) is 1. The lowest BCUT2D eigenvalue weighted by Crippen LogP contribution is -2.09. The van der Waals surface area contributed by atoms with Crippen LogP contribution in [0, 0.1) is 6.92 Å². The Labute approximate surface area is 110 Å². The van der Waals surface area contributed by atoms with Crippen molar-refractivity contribution in [2.75, 3.05) is 5.73 Å². The van der Waals surface area contributed by atoms with Gasteiger partial charge in [0.05, 0.1) is 11.4 Å². The van der Waals surface area contributed by atoms with Crippen LogP contribution in [0.15, 0.2) is 18.3 Å². The SMILES string of the molecule is Cc1nn(C)c(Cl)c1CC(=O)c1ncccc1N. The molecule has 2 rings (SSSR count). The van der Waals surface area contributed by atoms with Crippen molar-refractivity contribution in [1.82, 2.24) is 14.8 Å². The molecular formula is C12H13ClN4O.